The average Bonchev–Trinajstić information content (AvgIpc) is 3.10. The van der Waals surface area contributed by atoms with Crippen LogP contribution >= 0.6 is 0 Å². The first kappa shape index (κ1) is 17.6. The molecule has 0 unspecified atom stereocenters. The summed E-state index contributed by atoms with van der Waals surface area (Å²) in [6.45, 7) is 2.07. The summed E-state index contributed by atoms with van der Waals surface area (Å²) < 4.78 is 26.9. The molecule has 1 aromatic heterocycles. The molecule has 0 aliphatic carbocycles. The summed E-state index contributed by atoms with van der Waals surface area (Å²) in [4.78, 5) is 16.3. The van der Waals surface area contributed by atoms with Gasteiger partial charge in [-0.1, -0.05) is 0 Å². The summed E-state index contributed by atoms with van der Waals surface area (Å²) in [5, 5.41) is 0. The summed E-state index contributed by atoms with van der Waals surface area (Å²) in [5.74, 6) is 1.46. The van der Waals surface area contributed by atoms with Crippen LogP contribution in [0.2, 0.25) is 0 Å². The van der Waals surface area contributed by atoms with E-state index in [1.54, 1.807) is 51.5 Å². The molecule has 26 heavy (non-hydrogen) atoms. The lowest BCUT2D eigenvalue weighted by atomic mass is 10.2. The Balaban J connectivity index is 2.06. The number of rotatable bonds is 6. The molecule has 2 aromatic carbocycles. The SMILES string of the molecule is CCOC(=O)c1ccc2oc(-c3cc(OC)c(OC)c(OC)c3)nc2c1. The number of esters is 1. The third kappa shape index (κ3) is 3.15. The minimum Gasteiger partial charge on any atom is -0.493 e. The number of hydrogen-bond donors (Lipinski definition) is 0. The molecule has 0 spiro atoms. The van der Waals surface area contributed by atoms with Crippen molar-refractivity contribution >= 4 is 17.1 Å². The quantitative estimate of drug-likeness (QED) is 0.622. The van der Waals surface area contributed by atoms with Gasteiger partial charge in [-0.05, 0) is 37.3 Å². The molecule has 0 fully saturated rings. The predicted molar refractivity (Wildman–Crippen MR) is 95.1 cm³/mol. The highest BCUT2D eigenvalue weighted by atomic mass is 16.5. The molecule has 7 heteroatoms. The zero-order valence-electron chi connectivity index (χ0n) is 15.0. The zero-order chi connectivity index (χ0) is 18.7. The van der Waals surface area contributed by atoms with Gasteiger partial charge in [0, 0.05) is 5.56 Å². The van der Waals surface area contributed by atoms with E-state index in [9.17, 15) is 4.79 Å². The molecule has 0 amide bonds. The summed E-state index contributed by atoms with van der Waals surface area (Å²) in [6, 6.07) is 8.47. The molecule has 3 aromatic rings. The third-order valence-electron chi connectivity index (χ3n) is 3.81. The molecule has 0 radical (unpaired) electrons. The van der Waals surface area contributed by atoms with E-state index in [0.717, 1.165) is 0 Å². The fraction of sp³-hybridized carbons (Fsp3) is 0.263. The molecule has 136 valence electrons. The van der Waals surface area contributed by atoms with Gasteiger partial charge in [0.05, 0.1) is 33.5 Å². The second-order valence-corrected chi connectivity index (χ2v) is 5.34. The molecule has 0 atom stereocenters. The lowest BCUT2D eigenvalue weighted by molar-refractivity contribution is 0.0526. The number of methoxy groups -OCH3 is 3. The second kappa shape index (κ2) is 7.35. The van der Waals surface area contributed by atoms with Crippen molar-refractivity contribution < 1.29 is 28.2 Å². The largest absolute Gasteiger partial charge is 0.493 e. The van der Waals surface area contributed by atoms with Gasteiger partial charge < -0.3 is 23.4 Å². The summed E-state index contributed by atoms with van der Waals surface area (Å²) in [6.07, 6.45) is 0. The van der Waals surface area contributed by atoms with E-state index in [1.165, 1.54) is 7.11 Å². The van der Waals surface area contributed by atoms with Crippen molar-refractivity contribution in [3.05, 3.63) is 35.9 Å². The summed E-state index contributed by atoms with van der Waals surface area (Å²) >= 11 is 0. The van der Waals surface area contributed by atoms with Crippen LogP contribution in [-0.2, 0) is 4.74 Å². The molecule has 0 saturated carbocycles. The van der Waals surface area contributed by atoms with Gasteiger partial charge in [0.25, 0.3) is 0 Å². The topological polar surface area (TPSA) is 80.0 Å². The Morgan fingerprint density at radius 3 is 2.31 bits per heavy atom. The van der Waals surface area contributed by atoms with Crippen LogP contribution in [0.1, 0.15) is 17.3 Å². The van der Waals surface area contributed by atoms with Crippen molar-refractivity contribution in [1.29, 1.82) is 0 Å². The number of ether oxygens (including phenoxy) is 4. The Morgan fingerprint density at radius 1 is 1.04 bits per heavy atom. The second-order valence-electron chi connectivity index (χ2n) is 5.34. The number of nitrogens with zero attached hydrogens (tertiary/aromatic N) is 1. The van der Waals surface area contributed by atoms with Crippen LogP contribution in [0.3, 0.4) is 0 Å². The van der Waals surface area contributed by atoms with Crippen LogP contribution in [0.5, 0.6) is 17.2 Å². The molecule has 1 heterocycles. The van der Waals surface area contributed by atoms with Gasteiger partial charge in [-0.3, -0.25) is 0 Å². The monoisotopic (exact) mass is 357 g/mol. The first-order valence-corrected chi connectivity index (χ1v) is 7.99. The van der Waals surface area contributed by atoms with Crippen LogP contribution in [0.4, 0.5) is 0 Å². The number of carbonyl (C=O) groups excluding carboxylic acids is 1. The number of hydrogen-bond acceptors (Lipinski definition) is 7. The predicted octanol–water partition coefficient (Wildman–Crippen LogP) is 3.70. The Hall–Kier alpha value is -3.22. The molecule has 0 aliphatic rings. The molecule has 7 nitrogen and oxygen atoms in total. The highest BCUT2D eigenvalue weighted by molar-refractivity contribution is 5.93. The van der Waals surface area contributed by atoms with Gasteiger partial charge in [-0.25, -0.2) is 9.78 Å². The number of benzene rings is 2. The van der Waals surface area contributed by atoms with Crippen molar-refractivity contribution in [2.45, 2.75) is 6.92 Å². The van der Waals surface area contributed by atoms with Gasteiger partial charge in [0.2, 0.25) is 11.6 Å². The maximum Gasteiger partial charge on any atom is 0.338 e. The van der Waals surface area contributed by atoms with Crippen LogP contribution in [-0.4, -0.2) is 38.9 Å². The first-order valence-electron chi connectivity index (χ1n) is 7.99. The van der Waals surface area contributed by atoms with Crippen LogP contribution in [0.15, 0.2) is 34.7 Å². The highest BCUT2D eigenvalue weighted by Crippen LogP contribution is 2.41. The van der Waals surface area contributed by atoms with Gasteiger partial charge >= 0.3 is 5.97 Å². The van der Waals surface area contributed by atoms with Crippen molar-refractivity contribution in [3.8, 4) is 28.7 Å². The molecular weight excluding hydrogens is 338 g/mol. The molecule has 0 N–H and O–H groups in total. The van der Waals surface area contributed by atoms with Crippen LogP contribution in [0, 0.1) is 0 Å². The lowest BCUT2D eigenvalue weighted by Gasteiger charge is -2.12. The van der Waals surface area contributed by atoms with Gasteiger partial charge in [-0.15, -0.1) is 0 Å². The Labute approximate surface area is 150 Å². The van der Waals surface area contributed by atoms with Gasteiger partial charge in [0.15, 0.2) is 17.1 Å². The molecule has 0 saturated heterocycles. The van der Waals surface area contributed by atoms with E-state index in [0.29, 0.717) is 52.0 Å². The molecular formula is C19H19NO6. The van der Waals surface area contributed by atoms with Gasteiger partial charge in [0.1, 0.15) is 5.52 Å². The fourth-order valence-electron chi connectivity index (χ4n) is 2.60. The maximum absolute atomic E-state index is 11.9. The average molecular weight is 357 g/mol. The standard InChI is InChI=1S/C19H19NO6/c1-5-25-19(21)11-6-7-14-13(8-11)20-18(26-14)12-9-15(22-2)17(24-4)16(10-12)23-3/h6-10H,5H2,1-4H3. The van der Waals surface area contributed by atoms with Crippen LogP contribution < -0.4 is 14.2 Å². The summed E-state index contributed by atoms with van der Waals surface area (Å²) in [7, 11) is 4.62. The van der Waals surface area contributed by atoms with Crippen molar-refractivity contribution in [2.75, 3.05) is 27.9 Å². The Bertz CT molecular complexity index is 921. The highest BCUT2D eigenvalue weighted by Gasteiger charge is 2.18. The fourth-order valence-corrected chi connectivity index (χ4v) is 2.60. The van der Waals surface area contributed by atoms with Gasteiger partial charge in [-0.2, -0.15) is 0 Å². The molecule has 0 aliphatic heterocycles. The van der Waals surface area contributed by atoms with Crippen molar-refractivity contribution in [2.24, 2.45) is 0 Å². The van der Waals surface area contributed by atoms with E-state index in [1.807, 2.05) is 0 Å². The Kier molecular flexibility index (Phi) is 4.97. The minimum atomic E-state index is -0.397. The van der Waals surface area contributed by atoms with E-state index in [-0.39, 0.29) is 0 Å². The molecule has 3 rings (SSSR count). The number of oxazole rings is 1. The van der Waals surface area contributed by atoms with E-state index < -0.39 is 5.97 Å². The van der Waals surface area contributed by atoms with Crippen molar-refractivity contribution in [3.63, 3.8) is 0 Å². The maximum atomic E-state index is 11.9. The number of carbonyl (C=O) groups is 1. The lowest BCUT2D eigenvalue weighted by Crippen LogP contribution is -2.03. The van der Waals surface area contributed by atoms with E-state index in [2.05, 4.69) is 4.98 Å². The van der Waals surface area contributed by atoms with Crippen LogP contribution in [0.25, 0.3) is 22.6 Å². The first-order chi connectivity index (χ1) is 12.6. The number of fused-ring (bicyclic) bond motifs is 1. The Morgan fingerprint density at radius 2 is 1.73 bits per heavy atom. The third-order valence-corrected chi connectivity index (χ3v) is 3.81. The minimum absolute atomic E-state index is 0.312. The van der Waals surface area contributed by atoms with Crippen molar-refractivity contribution in [1.82, 2.24) is 4.98 Å². The smallest absolute Gasteiger partial charge is 0.338 e. The van der Waals surface area contributed by atoms with E-state index in [4.69, 9.17) is 23.4 Å². The molecule has 0 bridgehead atoms. The zero-order valence-corrected chi connectivity index (χ0v) is 15.0. The van der Waals surface area contributed by atoms with E-state index >= 15 is 0 Å². The number of aromatic nitrogens is 1. The normalized spacial score (nSPS) is 10.6. The summed E-state index contributed by atoms with van der Waals surface area (Å²) in [5.41, 5.74) is 2.19.